The number of nitrogens with one attached hydrogen (secondary N) is 2. The fraction of sp³-hybridized carbons (Fsp3) is 0.333. The van der Waals surface area contributed by atoms with Gasteiger partial charge < -0.3 is 10.6 Å². The summed E-state index contributed by atoms with van der Waals surface area (Å²) in [5, 5.41) is 6.29. The summed E-state index contributed by atoms with van der Waals surface area (Å²) in [5.41, 5.74) is -0.0550. The minimum absolute atomic E-state index is 0.199. The van der Waals surface area contributed by atoms with Crippen molar-refractivity contribution in [2.75, 3.05) is 5.32 Å². The molecular weight excluding hydrogens is 327 g/mol. The topological polar surface area (TPSA) is 41.1 Å². The van der Waals surface area contributed by atoms with Crippen molar-refractivity contribution in [1.29, 1.82) is 0 Å². The highest BCUT2D eigenvalue weighted by Gasteiger charge is 2.68. The van der Waals surface area contributed by atoms with Gasteiger partial charge in [0.2, 0.25) is 5.91 Å². The number of hydrogen-bond donors (Lipinski definition) is 2. The Labute approximate surface area is 131 Å². The van der Waals surface area contributed by atoms with Crippen LogP contribution in [0, 0.1) is 5.41 Å². The van der Waals surface area contributed by atoms with E-state index in [1.807, 2.05) is 0 Å². The smallest absolute Gasteiger partial charge is 0.235 e. The zero-order valence-electron chi connectivity index (χ0n) is 9.97. The summed E-state index contributed by atoms with van der Waals surface area (Å²) in [4.78, 5) is 12.0. The average Bonchev–Trinajstić information content (AvgIpc) is 2.83. The molecule has 1 aromatic rings. The Hall–Kier alpha value is -0.550. The van der Waals surface area contributed by atoms with Crippen LogP contribution in [0.3, 0.4) is 0 Å². The zero-order valence-corrected chi connectivity index (χ0v) is 13.1. The predicted octanol–water partition coefficient (Wildman–Crippen LogP) is 3.74. The molecule has 102 valence electrons. The number of carbonyl (C=O) groups excluding carboxylic acids is 1. The minimum Gasteiger partial charge on any atom is -0.332 e. The molecule has 0 aliphatic heterocycles. The van der Waals surface area contributed by atoms with Crippen molar-refractivity contribution in [3.05, 3.63) is 29.3 Å². The number of halogens is 3. The molecule has 0 heterocycles. The van der Waals surface area contributed by atoms with Gasteiger partial charge in [-0.25, -0.2) is 0 Å². The monoisotopic (exact) mass is 336 g/mol. The molecule has 2 rings (SSSR count). The van der Waals surface area contributed by atoms with E-state index in [-0.39, 0.29) is 11.0 Å². The van der Waals surface area contributed by atoms with E-state index in [1.165, 1.54) is 0 Å². The molecule has 0 bridgehead atoms. The highest BCUT2D eigenvalue weighted by Crippen LogP contribution is 2.63. The van der Waals surface area contributed by atoms with Crippen molar-refractivity contribution >= 4 is 63.7 Å². The van der Waals surface area contributed by atoms with E-state index >= 15 is 0 Å². The lowest BCUT2D eigenvalue weighted by Gasteiger charge is -2.14. The molecule has 1 atom stereocenters. The minimum atomic E-state index is -1.01. The van der Waals surface area contributed by atoms with Crippen molar-refractivity contribution in [1.82, 2.24) is 5.32 Å². The number of benzene rings is 1. The SMILES string of the molecule is CC1(C(=O)NC(=S)Nc2ccc(Cl)cc2)CC1(Cl)Cl. The largest absolute Gasteiger partial charge is 0.332 e. The first kappa shape index (κ1) is 14.9. The van der Waals surface area contributed by atoms with Crippen LogP contribution in [0.25, 0.3) is 0 Å². The van der Waals surface area contributed by atoms with Crippen LogP contribution in [-0.4, -0.2) is 15.4 Å². The molecule has 19 heavy (non-hydrogen) atoms. The van der Waals surface area contributed by atoms with Crippen LogP contribution in [0.1, 0.15) is 13.3 Å². The number of anilines is 1. The van der Waals surface area contributed by atoms with Crippen molar-refractivity contribution < 1.29 is 4.79 Å². The van der Waals surface area contributed by atoms with E-state index in [4.69, 9.17) is 47.0 Å². The fourth-order valence-corrected chi connectivity index (χ4v) is 2.63. The Morgan fingerprint density at radius 2 is 1.84 bits per heavy atom. The molecule has 1 aliphatic rings. The molecule has 0 radical (unpaired) electrons. The van der Waals surface area contributed by atoms with Gasteiger partial charge in [0.15, 0.2) is 5.11 Å². The summed E-state index contributed by atoms with van der Waals surface area (Å²) in [6, 6.07) is 6.96. The Kier molecular flexibility index (Phi) is 3.98. The molecular formula is C12H11Cl3N2OS. The number of carbonyl (C=O) groups is 1. The van der Waals surface area contributed by atoms with E-state index in [1.54, 1.807) is 31.2 Å². The van der Waals surface area contributed by atoms with E-state index < -0.39 is 9.75 Å². The summed E-state index contributed by atoms with van der Waals surface area (Å²) >= 11 is 22.7. The third-order valence-corrected chi connectivity index (χ3v) is 4.65. The summed E-state index contributed by atoms with van der Waals surface area (Å²) < 4.78 is -1.01. The molecule has 1 saturated carbocycles. The summed E-state index contributed by atoms with van der Waals surface area (Å²) in [5.74, 6) is -0.288. The van der Waals surface area contributed by atoms with Gasteiger partial charge in [0.25, 0.3) is 0 Å². The number of alkyl halides is 2. The second-order valence-electron chi connectivity index (χ2n) is 4.63. The lowest BCUT2D eigenvalue weighted by molar-refractivity contribution is -0.124. The van der Waals surface area contributed by atoms with Gasteiger partial charge >= 0.3 is 0 Å². The highest BCUT2D eigenvalue weighted by atomic mass is 35.5. The van der Waals surface area contributed by atoms with Crippen molar-refractivity contribution in [3.8, 4) is 0 Å². The third kappa shape index (κ3) is 3.14. The van der Waals surface area contributed by atoms with Crippen molar-refractivity contribution in [3.63, 3.8) is 0 Å². The van der Waals surface area contributed by atoms with Gasteiger partial charge in [0.05, 0.1) is 5.41 Å². The third-order valence-electron chi connectivity index (χ3n) is 3.09. The molecule has 0 aromatic heterocycles. The predicted molar refractivity (Wildman–Crippen MR) is 83.0 cm³/mol. The van der Waals surface area contributed by atoms with E-state index in [9.17, 15) is 4.79 Å². The first-order chi connectivity index (χ1) is 8.74. The highest BCUT2D eigenvalue weighted by molar-refractivity contribution is 7.80. The first-order valence-corrected chi connectivity index (χ1v) is 7.05. The molecule has 7 heteroatoms. The Balaban J connectivity index is 1.92. The van der Waals surface area contributed by atoms with Gasteiger partial charge in [-0.05, 0) is 49.8 Å². The lowest BCUT2D eigenvalue weighted by Crippen LogP contribution is -2.40. The van der Waals surface area contributed by atoms with E-state index in [0.717, 1.165) is 5.69 Å². The molecule has 1 aromatic carbocycles. The number of thiocarbonyl (C=S) groups is 1. The molecule has 2 N–H and O–H groups in total. The molecule has 0 saturated heterocycles. The number of hydrogen-bond acceptors (Lipinski definition) is 2. The Morgan fingerprint density at radius 3 is 2.32 bits per heavy atom. The van der Waals surface area contributed by atoms with Crippen LogP contribution in [0.5, 0.6) is 0 Å². The zero-order chi connectivity index (χ0) is 14.3. The standard InChI is InChI=1S/C12H11Cl3N2OS/c1-11(6-12(11,14)15)9(18)17-10(19)16-8-4-2-7(13)3-5-8/h2-5H,6H2,1H3,(H2,16,17,18,19). The second kappa shape index (κ2) is 5.09. The summed E-state index contributed by atoms with van der Waals surface area (Å²) in [6.07, 6.45) is 0.415. The normalized spacial score (nSPS) is 23.6. The first-order valence-electron chi connectivity index (χ1n) is 5.50. The second-order valence-corrected chi connectivity index (χ2v) is 6.96. The Morgan fingerprint density at radius 1 is 1.32 bits per heavy atom. The molecule has 1 amide bonds. The molecule has 0 spiro atoms. The number of amides is 1. The lowest BCUT2D eigenvalue weighted by atomic mass is 10.1. The fourth-order valence-electron chi connectivity index (χ4n) is 1.58. The molecule has 3 nitrogen and oxygen atoms in total. The molecule has 1 aliphatic carbocycles. The van der Waals surface area contributed by atoms with Crippen molar-refractivity contribution in [2.45, 2.75) is 17.7 Å². The maximum Gasteiger partial charge on any atom is 0.235 e. The van der Waals surface area contributed by atoms with Crippen LogP contribution < -0.4 is 10.6 Å². The van der Waals surface area contributed by atoms with Crippen LogP contribution in [0.15, 0.2) is 24.3 Å². The average molecular weight is 338 g/mol. The maximum atomic E-state index is 12.0. The van der Waals surface area contributed by atoms with Crippen LogP contribution in [0.4, 0.5) is 5.69 Å². The van der Waals surface area contributed by atoms with E-state index in [0.29, 0.717) is 11.4 Å². The van der Waals surface area contributed by atoms with Gasteiger partial charge in [-0.1, -0.05) is 11.6 Å². The summed E-state index contributed by atoms with van der Waals surface area (Å²) in [7, 11) is 0. The van der Waals surface area contributed by atoms with Crippen LogP contribution in [-0.2, 0) is 4.79 Å². The van der Waals surface area contributed by atoms with Crippen LogP contribution >= 0.6 is 47.0 Å². The van der Waals surface area contributed by atoms with Gasteiger partial charge in [0, 0.05) is 10.7 Å². The quantitative estimate of drug-likeness (QED) is 0.638. The van der Waals surface area contributed by atoms with Gasteiger partial charge in [-0.3, -0.25) is 4.79 Å². The van der Waals surface area contributed by atoms with E-state index in [2.05, 4.69) is 10.6 Å². The Bertz CT molecular complexity index is 532. The summed E-state index contributed by atoms with van der Waals surface area (Å²) in [6.45, 7) is 1.70. The van der Waals surface area contributed by atoms with Crippen LogP contribution in [0.2, 0.25) is 5.02 Å². The number of rotatable bonds is 2. The van der Waals surface area contributed by atoms with Gasteiger partial charge in [-0.15, -0.1) is 23.2 Å². The molecule has 1 fully saturated rings. The van der Waals surface area contributed by atoms with Gasteiger partial charge in [-0.2, -0.15) is 0 Å². The molecule has 1 unspecified atom stereocenters. The van der Waals surface area contributed by atoms with Gasteiger partial charge in [0.1, 0.15) is 4.33 Å². The maximum absolute atomic E-state index is 12.0. The van der Waals surface area contributed by atoms with Crippen molar-refractivity contribution in [2.24, 2.45) is 5.41 Å².